The molecule has 3 N–H and O–H groups in total. The van der Waals surface area contributed by atoms with Crippen molar-refractivity contribution in [1.82, 2.24) is 4.98 Å². The van der Waals surface area contributed by atoms with E-state index < -0.39 is 0 Å². The molecule has 0 saturated heterocycles. The first-order valence-corrected chi connectivity index (χ1v) is 5.36. The molecule has 1 aromatic heterocycles. The molecule has 0 unspecified atom stereocenters. The van der Waals surface area contributed by atoms with Gasteiger partial charge in [-0.2, -0.15) is 0 Å². The van der Waals surface area contributed by atoms with Crippen molar-refractivity contribution in [1.29, 1.82) is 5.41 Å². The summed E-state index contributed by atoms with van der Waals surface area (Å²) >= 11 is 0. The molecule has 0 amide bonds. The number of benzene rings is 1. The molecule has 0 atom stereocenters. The van der Waals surface area contributed by atoms with Crippen LogP contribution in [0, 0.1) is 5.41 Å². The number of rotatable bonds is 3. The van der Waals surface area contributed by atoms with Crippen LogP contribution in [0.25, 0.3) is 12.2 Å². The first-order chi connectivity index (χ1) is 8.70. The second kappa shape index (κ2) is 5.14. The van der Waals surface area contributed by atoms with Crippen molar-refractivity contribution in [2.24, 2.45) is 0 Å². The maximum Gasteiger partial charge on any atom is 0.164 e. The van der Waals surface area contributed by atoms with Crippen LogP contribution in [-0.2, 0) is 0 Å². The van der Waals surface area contributed by atoms with Gasteiger partial charge >= 0.3 is 0 Å². The van der Waals surface area contributed by atoms with Crippen molar-refractivity contribution in [2.75, 3.05) is 0 Å². The average molecular weight is 240 g/mol. The number of hydrogen-bond donors (Lipinski definition) is 3. The Morgan fingerprint density at radius 1 is 1.11 bits per heavy atom. The minimum atomic E-state index is -0.239. The van der Waals surface area contributed by atoms with Gasteiger partial charge in [-0.05, 0) is 42.0 Å². The number of aromatic hydroxyl groups is 2. The van der Waals surface area contributed by atoms with Gasteiger partial charge in [0.1, 0.15) is 0 Å². The third kappa shape index (κ3) is 2.55. The lowest BCUT2D eigenvalue weighted by molar-refractivity contribution is 0.403. The standard InChI is InChI=1S/C14H12N2O2/c15-9-10-7-11(14(18)13(17)8-10)4-5-12-3-1-2-6-16-12/h1-9,15,17-18H/b5-4+,15-9?. The normalized spacial score (nSPS) is 10.7. The van der Waals surface area contributed by atoms with Crippen LogP contribution in [0.4, 0.5) is 0 Å². The Morgan fingerprint density at radius 2 is 1.94 bits per heavy atom. The summed E-state index contributed by atoms with van der Waals surface area (Å²) in [5.41, 5.74) is 1.71. The van der Waals surface area contributed by atoms with Gasteiger partial charge in [-0.15, -0.1) is 0 Å². The highest BCUT2D eigenvalue weighted by atomic mass is 16.3. The van der Waals surface area contributed by atoms with E-state index in [1.807, 2.05) is 18.2 Å². The predicted octanol–water partition coefficient (Wildman–Crippen LogP) is 2.66. The zero-order chi connectivity index (χ0) is 13.0. The molecule has 2 aromatic rings. The molecule has 0 aliphatic heterocycles. The summed E-state index contributed by atoms with van der Waals surface area (Å²) in [4.78, 5) is 4.11. The Morgan fingerprint density at radius 3 is 2.61 bits per heavy atom. The molecule has 4 heteroatoms. The Hall–Kier alpha value is -2.62. The number of hydrogen-bond acceptors (Lipinski definition) is 4. The van der Waals surface area contributed by atoms with Crippen molar-refractivity contribution in [3.63, 3.8) is 0 Å². The van der Waals surface area contributed by atoms with Crippen molar-refractivity contribution >= 4 is 18.4 Å². The second-order valence-electron chi connectivity index (χ2n) is 3.71. The lowest BCUT2D eigenvalue weighted by Gasteiger charge is -2.03. The summed E-state index contributed by atoms with van der Waals surface area (Å²) in [5, 5.41) is 26.4. The Bertz CT molecular complexity index is 592. The van der Waals surface area contributed by atoms with E-state index in [9.17, 15) is 10.2 Å². The van der Waals surface area contributed by atoms with Gasteiger partial charge in [0.2, 0.25) is 0 Å². The summed E-state index contributed by atoms with van der Waals surface area (Å²) in [6.07, 6.45) is 6.15. The topological polar surface area (TPSA) is 77.2 Å². The number of phenolic OH excluding ortho intramolecular Hbond substituents is 2. The van der Waals surface area contributed by atoms with E-state index in [1.54, 1.807) is 24.4 Å². The summed E-state index contributed by atoms with van der Waals surface area (Å²) in [7, 11) is 0. The maximum atomic E-state index is 9.70. The number of phenols is 2. The van der Waals surface area contributed by atoms with Gasteiger partial charge in [-0.1, -0.05) is 6.07 Å². The van der Waals surface area contributed by atoms with Gasteiger partial charge in [-0.3, -0.25) is 4.98 Å². The third-order valence-electron chi connectivity index (χ3n) is 2.43. The van der Waals surface area contributed by atoms with Crippen LogP contribution in [0.5, 0.6) is 11.5 Å². The van der Waals surface area contributed by atoms with E-state index in [1.165, 1.54) is 6.07 Å². The zero-order valence-electron chi connectivity index (χ0n) is 9.54. The molecule has 0 radical (unpaired) electrons. The molecule has 0 spiro atoms. The molecule has 0 aliphatic rings. The largest absolute Gasteiger partial charge is 0.504 e. The molecule has 0 fully saturated rings. The lowest BCUT2D eigenvalue weighted by Crippen LogP contribution is -1.84. The van der Waals surface area contributed by atoms with Crippen molar-refractivity contribution < 1.29 is 10.2 Å². The monoisotopic (exact) mass is 240 g/mol. The SMILES string of the molecule is N=Cc1cc(O)c(O)c(/C=C/c2ccccn2)c1. The predicted molar refractivity (Wildman–Crippen MR) is 70.8 cm³/mol. The second-order valence-corrected chi connectivity index (χ2v) is 3.71. The van der Waals surface area contributed by atoms with Crippen LogP contribution >= 0.6 is 0 Å². The van der Waals surface area contributed by atoms with Crippen LogP contribution in [0.3, 0.4) is 0 Å². The average Bonchev–Trinajstić information content (AvgIpc) is 2.41. The maximum absolute atomic E-state index is 9.70. The minimum absolute atomic E-state index is 0.201. The van der Waals surface area contributed by atoms with E-state index in [-0.39, 0.29) is 11.5 Å². The Balaban J connectivity index is 2.37. The third-order valence-corrected chi connectivity index (χ3v) is 2.43. The molecule has 2 rings (SSSR count). The molecule has 18 heavy (non-hydrogen) atoms. The minimum Gasteiger partial charge on any atom is -0.504 e. The number of aromatic nitrogens is 1. The Labute approximate surface area is 104 Å². The first-order valence-electron chi connectivity index (χ1n) is 5.36. The van der Waals surface area contributed by atoms with Crippen LogP contribution in [0.15, 0.2) is 36.5 Å². The van der Waals surface area contributed by atoms with E-state index in [0.29, 0.717) is 11.1 Å². The number of pyridine rings is 1. The van der Waals surface area contributed by atoms with Crippen LogP contribution in [0.1, 0.15) is 16.8 Å². The fourth-order valence-corrected chi connectivity index (χ4v) is 1.52. The summed E-state index contributed by atoms with van der Waals surface area (Å²) in [5.74, 6) is -0.440. The van der Waals surface area contributed by atoms with E-state index in [2.05, 4.69) is 4.98 Å². The summed E-state index contributed by atoms with van der Waals surface area (Å²) < 4.78 is 0. The summed E-state index contributed by atoms with van der Waals surface area (Å²) in [6.45, 7) is 0. The zero-order valence-corrected chi connectivity index (χ0v) is 9.54. The highest BCUT2D eigenvalue weighted by Crippen LogP contribution is 2.31. The molecule has 90 valence electrons. The highest BCUT2D eigenvalue weighted by Gasteiger charge is 2.05. The number of nitrogens with one attached hydrogen (secondary N) is 1. The van der Waals surface area contributed by atoms with Crippen LogP contribution < -0.4 is 0 Å². The van der Waals surface area contributed by atoms with Gasteiger partial charge in [0.25, 0.3) is 0 Å². The quantitative estimate of drug-likeness (QED) is 0.570. The molecule has 4 nitrogen and oxygen atoms in total. The molecule has 1 aromatic carbocycles. The van der Waals surface area contributed by atoms with Crippen molar-refractivity contribution in [3.05, 3.63) is 53.3 Å². The molecule has 1 heterocycles. The molecular formula is C14H12N2O2. The molecule has 0 bridgehead atoms. The van der Waals surface area contributed by atoms with Crippen LogP contribution in [0.2, 0.25) is 0 Å². The van der Waals surface area contributed by atoms with Crippen molar-refractivity contribution in [2.45, 2.75) is 0 Å². The highest BCUT2D eigenvalue weighted by molar-refractivity contribution is 5.83. The van der Waals surface area contributed by atoms with Gasteiger partial charge in [0.15, 0.2) is 11.5 Å². The van der Waals surface area contributed by atoms with Gasteiger partial charge in [0, 0.05) is 18.0 Å². The molecule has 0 aliphatic carbocycles. The Kier molecular flexibility index (Phi) is 3.38. The summed E-state index contributed by atoms with van der Waals surface area (Å²) in [6, 6.07) is 8.45. The van der Waals surface area contributed by atoms with Gasteiger partial charge < -0.3 is 15.6 Å². The lowest BCUT2D eigenvalue weighted by atomic mass is 10.1. The van der Waals surface area contributed by atoms with Gasteiger partial charge in [-0.25, -0.2) is 0 Å². The fraction of sp³-hybridized carbons (Fsp3) is 0. The van der Waals surface area contributed by atoms with Gasteiger partial charge in [0.05, 0.1) is 5.69 Å². The molecule has 0 saturated carbocycles. The van der Waals surface area contributed by atoms with Crippen molar-refractivity contribution in [3.8, 4) is 11.5 Å². The van der Waals surface area contributed by atoms with E-state index in [4.69, 9.17) is 5.41 Å². The van der Waals surface area contributed by atoms with Crippen LogP contribution in [-0.4, -0.2) is 21.4 Å². The molecular weight excluding hydrogens is 228 g/mol. The van der Waals surface area contributed by atoms with E-state index in [0.717, 1.165) is 11.9 Å². The fourth-order valence-electron chi connectivity index (χ4n) is 1.52. The smallest absolute Gasteiger partial charge is 0.164 e. The first kappa shape index (κ1) is 11.9. The number of nitrogens with zero attached hydrogens (tertiary/aromatic N) is 1. The van der Waals surface area contributed by atoms with E-state index >= 15 is 0 Å².